The molecule has 2 rings (SSSR count). The van der Waals surface area contributed by atoms with E-state index < -0.39 is 0 Å². The van der Waals surface area contributed by atoms with E-state index in [0.29, 0.717) is 0 Å². The van der Waals surface area contributed by atoms with Crippen molar-refractivity contribution >= 4 is 11.3 Å². The monoisotopic (exact) mass is 249 g/mol. The molecule has 2 heterocycles. The van der Waals surface area contributed by atoms with Crippen molar-refractivity contribution < 1.29 is 0 Å². The summed E-state index contributed by atoms with van der Waals surface area (Å²) in [6.07, 6.45) is 3.21. The molecule has 0 bridgehead atoms. The smallest absolute Gasteiger partial charge is 0.102 e. The molecule has 1 N–H and O–H groups in total. The van der Waals surface area contributed by atoms with Gasteiger partial charge in [-0.15, -0.1) is 11.3 Å². The summed E-state index contributed by atoms with van der Waals surface area (Å²) in [6.45, 7) is 7.26. The van der Waals surface area contributed by atoms with Crippen LogP contribution in [0.1, 0.15) is 25.1 Å². The van der Waals surface area contributed by atoms with E-state index in [1.807, 2.05) is 22.2 Å². The first-order valence-electron chi connectivity index (χ1n) is 6.16. The topological polar surface area (TPSA) is 29.9 Å². The first-order valence-corrected chi connectivity index (χ1v) is 6.98. The van der Waals surface area contributed by atoms with E-state index >= 15 is 0 Å². The van der Waals surface area contributed by atoms with Crippen molar-refractivity contribution in [2.75, 3.05) is 6.54 Å². The molecule has 0 spiro atoms. The minimum Gasteiger partial charge on any atom is -0.312 e. The summed E-state index contributed by atoms with van der Waals surface area (Å²) in [7, 11) is 0. The molecule has 0 atom stereocenters. The summed E-state index contributed by atoms with van der Waals surface area (Å²) in [5, 5.41) is 7.93. The molecule has 0 unspecified atom stereocenters. The Morgan fingerprint density at radius 2 is 2.18 bits per heavy atom. The van der Waals surface area contributed by atoms with Gasteiger partial charge < -0.3 is 5.32 Å². The van der Waals surface area contributed by atoms with Crippen molar-refractivity contribution in [3.05, 3.63) is 29.3 Å². The van der Waals surface area contributed by atoms with Crippen molar-refractivity contribution in [1.82, 2.24) is 15.1 Å². The van der Waals surface area contributed by atoms with Crippen LogP contribution in [-0.4, -0.2) is 16.3 Å². The Morgan fingerprint density at radius 1 is 1.29 bits per heavy atom. The van der Waals surface area contributed by atoms with Crippen LogP contribution in [0.15, 0.2) is 24.4 Å². The van der Waals surface area contributed by atoms with Gasteiger partial charge in [0.25, 0.3) is 0 Å². The number of nitrogens with one attached hydrogen (secondary N) is 1. The largest absolute Gasteiger partial charge is 0.312 e. The van der Waals surface area contributed by atoms with Crippen LogP contribution in [0.5, 0.6) is 0 Å². The van der Waals surface area contributed by atoms with Crippen LogP contribution in [0.3, 0.4) is 0 Å². The molecule has 0 aliphatic rings. The van der Waals surface area contributed by atoms with Crippen LogP contribution in [0, 0.1) is 0 Å². The predicted octanol–water partition coefficient (Wildman–Crippen LogP) is 3.13. The van der Waals surface area contributed by atoms with Gasteiger partial charge in [-0.25, -0.2) is 0 Å². The van der Waals surface area contributed by atoms with Gasteiger partial charge in [-0.05, 0) is 38.1 Å². The Hall–Kier alpha value is -1.13. The molecular formula is C13H19N3S. The molecule has 92 valence electrons. The highest BCUT2D eigenvalue weighted by atomic mass is 32.1. The first kappa shape index (κ1) is 12.3. The van der Waals surface area contributed by atoms with Gasteiger partial charge in [-0.2, -0.15) is 5.10 Å². The van der Waals surface area contributed by atoms with Crippen LogP contribution in [0.4, 0.5) is 0 Å². The lowest BCUT2D eigenvalue weighted by atomic mass is 10.3. The molecule has 0 saturated heterocycles. The second-order valence-corrected chi connectivity index (χ2v) is 5.17. The van der Waals surface area contributed by atoms with Gasteiger partial charge in [-0.3, -0.25) is 4.68 Å². The van der Waals surface area contributed by atoms with E-state index in [0.717, 1.165) is 25.3 Å². The summed E-state index contributed by atoms with van der Waals surface area (Å²) in [6, 6.07) is 6.43. The number of thiophene rings is 1. The predicted molar refractivity (Wildman–Crippen MR) is 73.2 cm³/mol. The maximum atomic E-state index is 4.52. The highest BCUT2D eigenvalue weighted by molar-refractivity contribution is 7.15. The summed E-state index contributed by atoms with van der Waals surface area (Å²) in [5.74, 6) is 0. The Balaban J connectivity index is 2.02. The van der Waals surface area contributed by atoms with Crippen molar-refractivity contribution in [2.24, 2.45) is 0 Å². The first-order chi connectivity index (χ1) is 8.33. The van der Waals surface area contributed by atoms with Gasteiger partial charge in [0.05, 0.1) is 4.88 Å². The molecule has 4 heteroatoms. The van der Waals surface area contributed by atoms with Crippen molar-refractivity contribution in [1.29, 1.82) is 0 Å². The maximum absolute atomic E-state index is 4.52. The summed E-state index contributed by atoms with van der Waals surface area (Å²) < 4.78 is 1.96. The maximum Gasteiger partial charge on any atom is 0.102 e. The molecule has 0 saturated carbocycles. The number of hydrogen-bond donors (Lipinski definition) is 1. The molecular weight excluding hydrogens is 230 g/mol. The average molecular weight is 249 g/mol. The van der Waals surface area contributed by atoms with Crippen molar-refractivity contribution in [2.45, 2.75) is 33.4 Å². The standard InChI is InChI=1S/C13H19N3S/c1-3-8-14-10-11-5-6-13(17-11)12-7-9-16(4-2)15-12/h5-7,9,14H,3-4,8,10H2,1-2H3. The van der Waals surface area contributed by atoms with Gasteiger partial charge in [0.2, 0.25) is 0 Å². The molecule has 0 aromatic carbocycles. The van der Waals surface area contributed by atoms with Crippen LogP contribution in [0.2, 0.25) is 0 Å². The molecule has 0 amide bonds. The summed E-state index contributed by atoms with van der Waals surface area (Å²) in [4.78, 5) is 2.63. The van der Waals surface area contributed by atoms with Crippen LogP contribution < -0.4 is 5.32 Å². The Morgan fingerprint density at radius 3 is 2.88 bits per heavy atom. The highest BCUT2D eigenvalue weighted by Gasteiger charge is 2.05. The lowest BCUT2D eigenvalue weighted by Gasteiger charge is -1.98. The Bertz CT molecular complexity index is 459. The van der Waals surface area contributed by atoms with E-state index in [1.54, 1.807) is 0 Å². The van der Waals surface area contributed by atoms with Crippen LogP contribution >= 0.6 is 11.3 Å². The van der Waals surface area contributed by atoms with Crippen molar-refractivity contribution in [3.63, 3.8) is 0 Å². The fourth-order valence-electron chi connectivity index (χ4n) is 1.67. The average Bonchev–Trinajstić information content (AvgIpc) is 2.97. The molecule has 3 nitrogen and oxygen atoms in total. The Kier molecular flexibility index (Phi) is 4.34. The fraction of sp³-hybridized carbons (Fsp3) is 0.462. The third kappa shape index (κ3) is 3.17. The van der Waals surface area contributed by atoms with Gasteiger partial charge in [0, 0.05) is 24.2 Å². The second kappa shape index (κ2) is 5.98. The number of aryl methyl sites for hydroxylation is 1. The van der Waals surface area contributed by atoms with E-state index in [9.17, 15) is 0 Å². The normalized spacial score (nSPS) is 10.9. The van der Waals surface area contributed by atoms with Crippen molar-refractivity contribution in [3.8, 4) is 10.6 Å². The van der Waals surface area contributed by atoms with Crippen LogP contribution in [0.25, 0.3) is 10.6 Å². The zero-order valence-corrected chi connectivity index (χ0v) is 11.3. The molecule has 0 radical (unpaired) electrons. The highest BCUT2D eigenvalue weighted by Crippen LogP contribution is 2.26. The third-order valence-corrected chi connectivity index (χ3v) is 3.71. The molecule has 0 fully saturated rings. The van der Waals surface area contributed by atoms with E-state index in [1.165, 1.54) is 16.2 Å². The molecule has 0 aliphatic carbocycles. The van der Waals surface area contributed by atoms with E-state index in [2.05, 4.69) is 42.5 Å². The molecule has 2 aromatic heterocycles. The van der Waals surface area contributed by atoms with Gasteiger partial charge in [-0.1, -0.05) is 6.92 Å². The zero-order chi connectivity index (χ0) is 12.1. The van der Waals surface area contributed by atoms with Gasteiger partial charge in [0.1, 0.15) is 5.69 Å². The Labute approximate surface area is 106 Å². The number of hydrogen-bond acceptors (Lipinski definition) is 3. The molecule has 0 aliphatic heterocycles. The van der Waals surface area contributed by atoms with E-state index in [-0.39, 0.29) is 0 Å². The molecule has 17 heavy (non-hydrogen) atoms. The number of nitrogens with zero attached hydrogens (tertiary/aromatic N) is 2. The lowest BCUT2D eigenvalue weighted by Crippen LogP contribution is -2.12. The van der Waals surface area contributed by atoms with Gasteiger partial charge >= 0.3 is 0 Å². The quantitative estimate of drug-likeness (QED) is 0.797. The van der Waals surface area contributed by atoms with E-state index in [4.69, 9.17) is 0 Å². The zero-order valence-electron chi connectivity index (χ0n) is 10.4. The third-order valence-electron chi connectivity index (χ3n) is 2.60. The molecule has 2 aromatic rings. The lowest BCUT2D eigenvalue weighted by molar-refractivity contribution is 0.662. The fourth-order valence-corrected chi connectivity index (χ4v) is 2.61. The minimum atomic E-state index is 0.927. The SMILES string of the molecule is CCCNCc1ccc(-c2ccn(CC)n2)s1. The minimum absolute atomic E-state index is 0.927. The number of rotatable bonds is 6. The summed E-state index contributed by atoms with van der Waals surface area (Å²) >= 11 is 1.82. The van der Waals surface area contributed by atoms with Crippen LogP contribution in [-0.2, 0) is 13.1 Å². The number of aromatic nitrogens is 2. The van der Waals surface area contributed by atoms with Gasteiger partial charge in [0.15, 0.2) is 0 Å². The second-order valence-electron chi connectivity index (χ2n) is 4.00. The summed E-state index contributed by atoms with van der Waals surface area (Å²) in [5.41, 5.74) is 1.08.